The van der Waals surface area contributed by atoms with Gasteiger partial charge in [0, 0.05) is 43.8 Å². The van der Waals surface area contributed by atoms with E-state index < -0.39 is 5.82 Å². The van der Waals surface area contributed by atoms with Crippen LogP contribution in [0.3, 0.4) is 0 Å². The number of hydrogen-bond donors (Lipinski definition) is 0. The second-order valence-electron chi connectivity index (χ2n) is 7.73. The molecule has 3 rings (SSSR count). The van der Waals surface area contributed by atoms with Crippen LogP contribution in [0.2, 0.25) is 0 Å². The minimum atomic E-state index is -0.485. The van der Waals surface area contributed by atoms with Crippen LogP contribution in [0, 0.1) is 5.82 Å². The normalized spacial score (nSPS) is 10.7. The lowest BCUT2D eigenvalue weighted by Crippen LogP contribution is -2.34. The number of aryl methyl sites for hydroxylation is 1. The van der Waals surface area contributed by atoms with Crippen molar-refractivity contribution >= 4 is 17.4 Å². The Morgan fingerprint density at radius 2 is 1.76 bits per heavy atom. The van der Waals surface area contributed by atoms with Crippen molar-refractivity contribution in [2.24, 2.45) is 0 Å². The van der Waals surface area contributed by atoms with E-state index in [1.807, 2.05) is 12.1 Å². The van der Waals surface area contributed by atoms with E-state index in [0.29, 0.717) is 36.5 Å². The summed E-state index contributed by atoms with van der Waals surface area (Å²) in [7, 11) is 3.10. The van der Waals surface area contributed by atoms with Gasteiger partial charge in [-0.1, -0.05) is 43.3 Å². The van der Waals surface area contributed by atoms with Crippen LogP contribution >= 0.6 is 0 Å². The lowest BCUT2D eigenvalue weighted by atomic mass is 9.99. The molecule has 2 aromatic carbocycles. The lowest BCUT2D eigenvalue weighted by molar-refractivity contribution is -0.118. The Bertz CT molecular complexity index is 1130. The summed E-state index contributed by atoms with van der Waals surface area (Å²) in [6.07, 6.45) is 2.78. The molecule has 0 N–H and O–H groups in total. The Balaban J connectivity index is 1.72. The van der Waals surface area contributed by atoms with Crippen LogP contribution < -0.4 is 9.64 Å². The van der Waals surface area contributed by atoms with E-state index in [1.165, 1.54) is 18.1 Å². The van der Waals surface area contributed by atoms with Gasteiger partial charge in [-0.3, -0.25) is 9.59 Å². The van der Waals surface area contributed by atoms with Crippen molar-refractivity contribution in [1.82, 2.24) is 4.98 Å². The first-order valence-corrected chi connectivity index (χ1v) is 11.2. The SMILES string of the molecule is CCC(=O)N(CCOC)c1ccc(-c2ccc(C(=O)CCc3cccnc3OC)cc2)cc1F. The molecule has 178 valence electrons. The maximum Gasteiger partial charge on any atom is 0.226 e. The van der Waals surface area contributed by atoms with Crippen molar-refractivity contribution in [3.8, 4) is 17.0 Å². The van der Waals surface area contributed by atoms with Crippen molar-refractivity contribution < 1.29 is 23.5 Å². The highest BCUT2D eigenvalue weighted by atomic mass is 19.1. The van der Waals surface area contributed by atoms with E-state index in [0.717, 1.165) is 11.1 Å². The first kappa shape index (κ1) is 25.1. The third kappa shape index (κ3) is 6.05. The number of nitrogens with zero attached hydrogens (tertiary/aromatic N) is 2. The topological polar surface area (TPSA) is 68.7 Å². The minimum absolute atomic E-state index is 0.00541. The molecule has 7 heteroatoms. The van der Waals surface area contributed by atoms with Crippen LogP contribution in [-0.4, -0.2) is 44.0 Å². The number of ether oxygens (including phenoxy) is 2. The molecular formula is C27H29FN2O4. The zero-order valence-corrected chi connectivity index (χ0v) is 19.7. The third-order valence-electron chi connectivity index (χ3n) is 5.57. The predicted molar refractivity (Wildman–Crippen MR) is 130 cm³/mol. The fourth-order valence-electron chi connectivity index (χ4n) is 3.70. The second-order valence-corrected chi connectivity index (χ2v) is 7.73. The lowest BCUT2D eigenvalue weighted by Gasteiger charge is -2.23. The Hall–Kier alpha value is -3.58. The third-order valence-corrected chi connectivity index (χ3v) is 5.57. The van der Waals surface area contributed by atoms with E-state index in [4.69, 9.17) is 9.47 Å². The molecule has 0 atom stereocenters. The molecule has 0 radical (unpaired) electrons. The van der Waals surface area contributed by atoms with Crippen molar-refractivity contribution in [3.63, 3.8) is 0 Å². The number of benzene rings is 2. The first-order valence-electron chi connectivity index (χ1n) is 11.2. The molecule has 6 nitrogen and oxygen atoms in total. The van der Waals surface area contributed by atoms with Gasteiger partial charge in [-0.15, -0.1) is 0 Å². The summed E-state index contributed by atoms with van der Waals surface area (Å²) >= 11 is 0. The highest BCUT2D eigenvalue weighted by Crippen LogP contribution is 2.28. The summed E-state index contributed by atoms with van der Waals surface area (Å²) < 4.78 is 25.2. The van der Waals surface area contributed by atoms with E-state index >= 15 is 0 Å². The van der Waals surface area contributed by atoms with Gasteiger partial charge in [0.15, 0.2) is 5.78 Å². The first-order chi connectivity index (χ1) is 16.5. The van der Waals surface area contributed by atoms with Gasteiger partial charge in [-0.05, 0) is 35.7 Å². The van der Waals surface area contributed by atoms with Crippen LogP contribution in [0.1, 0.15) is 35.7 Å². The fraction of sp³-hybridized carbons (Fsp3) is 0.296. The average Bonchev–Trinajstić information content (AvgIpc) is 2.88. The molecular weight excluding hydrogens is 435 g/mol. The molecule has 3 aromatic rings. The largest absolute Gasteiger partial charge is 0.481 e. The number of methoxy groups -OCH3 is 2. The van der Waals surface area contributed by atoms with Gasteiger partial charge >= 0.3 is 0 Å². The van der Waals surface area contributed by atoms with Gasteiger partial charge in [0.2, 0.25) is 11.8 Å². The van der Waals surface area contributed by atoms with Gasteiger partial charge < -0.3 is 14.4 Å². The standard InChI is InChI=1S/C27H29FN2O4/c1-4-26(32)30(16-17-33-2)24-13-11-22(18-23(24)28)19-7-9-20(10-8-19)25(31)14-12-21-6-5-15-29-27(21)34-3/h5-11,13,15,18H,4,12,14,16-17H2,1-3H3. The Kier molecular flexibility index (Phi) is 8.87. The quantitative estimate of drug-likeness (QED) is 0.369. The Labute approximate surface area is 199 Å². The molecule has 0 aliphatic heterocycles. The van der Waals surface area contributed by atoms with Gasteiger partial charge in [-0.25, -0.2) is 9.37 Å². The minimum Gasteiger partial charge on any atom is -0.481 e. The van der Waals surface area contributed by atoms with Crippen molar-refractivity contribution in [3.05, 3.63) is 77.7 Å². The fourth-order valence-corrected chi connectivity index (χ4v) is 3.70. The van der Waals surface area contributed by atoms with E-state index in [2.05, 4.69) is 4.98 Å². The summed E-state index contributed by atoms with van der Waals surface area (Å²) in [5.41, 5.74) is 3.14. The molecule has 0 saturated heterocycles. The molecule has 0 saturated carbocycles. The van der Waals surface area contributed by atoms with Crippen LogP contribution in [0.15, 0.2) is 60.8 Å². The highest BCUT2D eigenvalue weighted by molar-refractivity contribution is 5.97. The number of aromatic nitrogens is 1. The number of carbonyl (C=O) groups excluding carboxylic acids is 2. The number of pyridine rings is 1. The molecule has 0 spiro atoms. The van der Waals surface area contributed by atoms with Gasteiger partial charge in [0.05, 0.1) is 19.4 Å². The zero-order valence-electron chi connectivity index (χ0n) is 19.7. The Morgan fingerprint density at radius 1 is 1.03 bits per heavy atom. The summed E-state index contributed by atoms with van der Waals surface area (Å²) in [6, 6.07) is 15.6. The molecule has 0 fully saturated rings. The van der Waals surface area contributed by atoms with Crippen LogP contribution in [-0.2, 0) is 16.0 Å². The number of halogens is 1. The molecule has 0 bridgehead atoms. The maximum absolute atomic E-state index is 14.9. The van der Waals surface area contributed by atoms with Crippen LogP contribution in [0.5, 0.6) is 5.88 Å². The number of ketones is 1. The number of anilines is 1. The Morgan fingerprint density at radius 3 is 2.41 bits per heavy atom. The number of amides is 1. The smallest absolute Gasteiger partial charge is 0.226 e. The monoisotopic (exact) mass is 464 g/mol. The van der Waals surface area contributed by atoms with Crippen molar-refractivity contribution in [2.45, 2.75) is 26.2 Å². The number of hydrogen-bond acceptors (Lipinski definition) is 5. The van der Waals surface area contributed by atoms with E-state index in [-0.39, 0.29) is 30.3 Å². The average molecular weight is 465 g/mol. The summed E-state index contributed by atoms with van der Waals surface area (Å²) in [5.74, 6) is -0.125. The molecule has 1 amide bonds. The van der Waals surface area contributed by atoms with Crippen molar-refractivity contribution in [2.75, 3.05) is 32.3 Å². The number of carbonyl (C=O) groups is 2. The second kappa shape index (κ2) is 12.0. The molecule has 34 heavy (non-hydrogen) atoms. The van der Waals surface area contributed by atoms with Gasteiger partial charge in [0.1, 0.15) is 5.82 Å². The highest BCUT2D eigenvalue weighted by Gasteiger charge is 2.18. The molecule has 0 aliphatic carbocycles. The summed E-state index contributed by atoms with van der Waals surface area (Å²) in [4.78, 5) is 30.5. The van der Waals surface area contributed by atoms with Crippen molar-refractivity contribution in [1.29, 1.82) is 0 Å². The molecule has 0 unspecified atom stereocenters. The van der Waals surface area contributed by atoms with Crippen LogP contribution in [0.25, 0.3) is 11.1 Å². The predicted octanol–water partition coefficient (Wildman–Crippen LogP) is 5.10. The molecule has 1 aromatic heterocycles. The van der Waals surface area contributed by atoms with Crippen LogP contribution in [0.4, 0.5) is 10.1 Å². The van der Waals surface area contributed by atoms with Gasteiger partial charge in [-0.2, -0.15) is 0 Å². The summed E-state index contributed by atoms with van der Waals surface area (Å²) in [5, 5.41) is 0. The summed E-state index contributed by atoms with van der Waals surface area (Å²) in [6.45, 7) is 2.33. The van der Waals surface area contributed by atoms with E-state index in [9.17, 15) is 14.0 Å². The zero-order chi connectivity index (χ0) is 24.5. The number of rotatable bonds is 11. The maximum atomic E-state index is 14.9. The van der Waals surface area contributed by atoms with E-state index in [1.54, 1.807) is 56.6 Å². The number of Topliss-reactive ketones (excluding diaryl/α,β-unsaturated/α-hetero) is 1. The van der Waals surface area contributed by atoms with Gasteiger partial charge in [0.25, 0.3) is 0 Å². The molecule has 1 heterocycles. The molecule has 0 aliphatic rings.